The van der Waals surface area contributed by atoms with Gasteiger partial charge < -0.3 is 5.73 Å². The minimum atomic E-state index is -4.51. The van der Waals surface area contributed by atoms with E-state index in [-0.39, 0.29) is 5.56 Å². The highest BCUT2D eigenvalue weighted by atomic mass is 19.4. The van der Waals surface area contributed by atoms with Gasteiger partial charge in [-0.2, -0.15) is 18.3 Å². The van der Waals surface area contributed by atoms with Crippen LogP contribution in [0.1, 0.15) is 29.3 Å². The first-order valence-electron chi connectivity index (χ1n) is 6.38. The predicted molar refractivity (Wildman–Crippen MR) is 69.9 cm³/mol. The lowest BCUT2D eigenvalue weighted by Crippen LogP contribution is -2.16. The predicted octanol–water partition coefficient (Wildman–Crippen LogP) is 3.21. The van der Waals surface area contributed by atoms with E-state index in [0.29, 0.717) is 18.9 Å². The molecule has 0 aliphatic carbocycles. The first-order valence-corrected chi connectivity index (χ1v) is 6.38. The lowest BCUT2D eigenvalue weighted by Gasteiger charge is -2.15. The molecule has 0 aliphatic rings. The van der Waals surface area contributed by atoms with Crippen LogP contribution < -0.4 is 5.73 Å². The lowest BCUT2D eigenvalue weighted by molar-refractivity contribution is -0.137. The fourth-order valence-corrected chi connectivity index (χ4v) is 2.11. The molecule has 0 amide bonds. The number of hydrogen-bond acceptors (Lipinski definition) is 2. The Morgan fingerprint density at radius 1 is 1.29 bits per heavy atom. The minimum Gasteiger partial charge on any atom is -0.324 e. The van der Waals surface area contributed by atoms with Crippen LogP contribution in [0.15, 0.2) is 30.5 Å². The Morgan fingerprint density at radius 2 is 2.00 bits per heavy atom. The Morgan fingerprint density at radius 3 is 2.57 bits per heavy atom. The molecule has 0 radical (unpaired) electrons. The fourth-order valence-electron chi connectivity index (χ4n) is 2.11. The molecule has 0 fully saturated rings. The summed E-state index contributed by atoms with van der Waals surface area (Å²) in [6.45, 7) is 0. The molecular weight excluding hydrogens is 286 g/mol. The van der Waals surface area contributed by atoms with Crippen LogP contribution >= 0.6 is 0 Å². The number of aromatic nitrogens is 2. The Bertz CT molecular complexity index is 619. The van der Waals surface area contributed by atoms with Crippen LogP contribution in [0.25, 0.3) is 0 Å². The molecular formula is C14H15F4N3. The van der Waals surface area contributed by atoms with E-state index in [9.17, 15) is 17.6 Å². The van der Waals surface area contributed by atoms with Crippen LogP contribution in [0.5, 0.6) is 0 Å². The number of hydrogen-bond donors (Lipinski definition) is 1. The Labute approximate surface area is 119 Å². The summed E-state index contributed by atoms with van der Waals surface area (Å²) in [4.78, 5) is 0. The summed E-state index contributed by atoms with van der Waals surface area (Å²) < 4.78 is 53.3. The minimum absolute atomic E-state index is 0.119. The van der Waals surface area contributed by atoms with E-state index in [1.54, 1.807) is 24.0 Å². The highest BCUT2D eigenvalue weighted by Crippen LogP contribution is 2.32. The molecule has 114 valence electrons. The van der Waals surface area contributed by atoms with Crippen molar-refractivity contribution in [2.24, 2.45) is 12.8 Å². The molecule has 0 aliphatic heterocycles. The number of nitrogens with zero attached hydrogens (tertiary/aromatic N) is 2. The molecule has 1 atom stereocenters. The van der Waals surface area contributed by atoms with Gasteiger partial charge in [0.05, 0.1) is 5.56 Å². The van der Waals surface area contributed by atoms with Crippen LogP contribution in [-0.2, 0) is 19.6 Å². The molecule has 0 bridgehead atoms. The molecule has 0 saturated heterocycles. The number of nitrogens with two attached hydrogens (primary N) is 1. The largest absolute Gasteiger partial charge is 0.416 e. The van der Waals surface area contributed by atoms with Gasteiger partial charge in [0.25, 0.3) is 0 Å². The zero-order valence-corrected chi connectivity index (χ0v) is 11.4. The molecule has 3 nitrogen and oxygen atoms in total. The van der Waals surface area contributed by atoms with Gasteiger partial charge in [0, 0.05) is 30.5 Å². The van der Waals surface area contributed by atoms with Gasteiger partial charge in [-0.15, -0.1) is 0 Å². The molecule has 0 spiro atoms. The molecule has 21 heavy (non-hydrogen) atoms. The van der Waals surface area contributed by atoms with Crippen LogP contribution in [0.3, 0.4) is 0 Å². The molecule has 0 saturated carbocycles. The van der Waals surface area contributed by atoms with Gasteiger partial charge in [-0.05, 0) is 37.1 Å². The van der Waals surface area contributed by atoms with Crippen molar-refractivity contribution in [1.29, 1.82) is 0 Å². The van der Waals surface area contributed by atoms with Crippen LogP contribution in [0, 0.1) is 5.82 Å². The van der Waals surface area contributed by atoms with E-state index < -0.39 is 23.6 Å². The average molecular weight is 301 g/mol. The summed E-state index contributed by atoms with van der Waals surface area (Å²) in [5.41, 5.74) is 5.71. The summed E-state index contributed by atoms with van der Waals surface area (Å²) in [5.74, 6) is -0.722. The lowest BCUT2D eigenvalue weighted by atomic mass is 9.99. The fraction of sp³-hybridized carbons (Fsp3) is 0.357. The van der Waals surface area contributed by atoms with Crippen LogP contribution in [0.4, 0.5) is 17.6 Å². The molecule has 1 aromatic heterocycles. The van der Waals surface area contributed by atoms with Crippen molar-refractivity contribution in [1.82, 2.24) is 9.78 Å². The summed E-state index contributed by atoms with van der Waals surface area (Å²) >= 11 is 0. The second-order valence-corrected chi connectivity index (χ2v) is 4.83. The zero-order valence-electron chi connectivity index (χ0n) is 11.4. The normalized spacial score (nSPS) is 13.4. The number of aryl methyl sites for hydroxylation is 2. The van der Waals surface area contributed by atoms with Gasteiger partial charge in [0.1, 0.15) is 5.82 Å². The smallest absolute Gasteiger partial charge is 0.324 e. The van der Waals surface area contributed by atoms with E-state index >= 15 is 0 Å². The monoisotopic (exact) mass is 301 g/mol. The van der Waals surface area contributed by atoms with Crippen molar-refractivity contribution in [3.05, 3.63) is 53.1 Å². The molecule has 1 unspecified atom stereocenters. The Kier molecular flexibility index (Phi) is 4.32. The third-order valence-electron chi connectivity index (χ3n) is 3.36. The third kappa shape index (κ3) is 3.60. The highest BCUT2D eigenvalue weighted by molar-refractivity contribution is 5.29. The third-order valence-corrected chi connectivity index (χ3v) is 3.36. The standard InChI is InChI=1S/C14H15F4N3/c1-21-10(6-7-20-21)3-5-13(19)11-8-9(14(16,17)18)2-4-12(11)15/h2,4,6-8,13H,3,5,19H2,1H3. The van der Waals surface area contributed by atoms with Crippen LogP contribution in [0.2, 0.25) is 0 Å². The number of alkyl halides is 3. The Balaban J connectivity index is 2.15. The second kappa shape index (κ2) is 5.85. The molecule has 2 rings (SSSR count). The van der Waals surface area contributed by atoms with Gasteiger partial charge in [-0.25, -0.2) is 4.39 Å². The van der Waals surface area contributed by atoms with E-state index in [4.69, 9.17) is 5.73 Å². The summed E-state index contributed by atoms with van der Waals surface area (Å²) in [6, 6.07) is 3.29. The second-order valence-electron chi connectivity index (χ2n) is 4.83. The maximum absolute atomic E-state index is 13.7. The average Bonchev–Trinajstić information content (AvgIpc) is 2.80. The van der Waals surface area contributed by atoms with Crippen molar-refractivity contribution in [2.75, 3.05) is 0 Å². The first kappa shape index (κ1) is 15.5. The molecule has 2 N–H and O–H groups in total. The van der Waals surface area contributed by atoms with Gasteiger partial charge in [0.15, 0.2) is 0 Å². The van der Waals surface area contributed by atoms with Gasteiger partial charge in [-0.3, -0.25) is 4.68 Å². The van der Waals surface area contributed by atoms with Crippen molar-refractivity contribution in [2.45, 2.75) is 25.1 Å². The number of rotatable bonds is 4. The van der Waals surface area contributed by atoms with E-state index in [1.165, 1.54) is 0 Å². The maximum Gasteiger partial charge on any atom is 0.416 e. The van der Waals surface area contributed by atoms with Gasteiger partial charge in [0.2, 0.25) is 0 Å². The topological polar surface area (TPSA) is 43.8 Å². The van der Waals surface area contributed by atoms with E-state index in [2.05, 4.69) is 5.10 Å². The summed E-state index contributed by atoms with van der Waals surface area (Å²) in [6.07, 6.45) is -2.05. The highest BCUT2D eigenvalue weighted by Gasteiger charge is 2.31. The summed E-state index contributed by atoms with van der Waals surface area (Å²) in [7, 11) is 1.76. The van der Waals surface area contributed by atoms with Crippen molar-refractivity contribution < 1.29 is 17.6 Å². The quantitative estimate of drug-likeness (QED) is 0.881. The van der Waals surface area contributed by atoms with Crippen molar-refractivity contribution in [3.63, 3.8) is 0 Å². The van der Waals surface area contributed by atoms with Crippen molar-refractivity contribution >= 4 is 0 Å². The first-order chi connectivity index (χ1) is 9.79. The number of benzene rings is 1. The van der Waals surface area contributed by atoms with Crippen molar-refractivity contribution in [3.8, 4) is 0 Å². The zero-order chi connectivity index (χ0) is 15.6. The SMILES string of the molecule is Cn1nccc1CCC(N)c1cc(C(F)(F)F)ccc1F. The van der Waals surface area contributed by atoms with Gasteiger partial charge in [-0.1, -0.05) is 0 Å². The molecule has 2 aromatic rings. The summed E-state index contributed by atoms with van der Waals surface area (Å²) in [5, 5.41) is 3.98. The van der Waals surface area contributed by atoms with E-state index in [1.807, 2.05) is 0 Å². The molecule has 1 aromatic carbocycles. The number of halogens is 4. The van der Waals surface area contributed by atoms with Crippen LogP contribution in [-0.4, -0.2) is 9.78 Å². The molecule has 7 heteroatoms. The van der Waals surface area contributed by atoms with Gasteiger partial charge >= 0.3 is 6.18 Å². The van der Waals surface area contributed by atoms with E-state index in [0.717, 1.165) is 17.8 Å². The Hall–Kier alpha value is -1.89. The maximum atomic E-state index is 13.7. The molecule has 1 heterocycles.